The lowest BCUT2D eigenvalue weighted by Gasteiger charge is -2.59. The molecule has 0 saturated carbocycles. The molecule has 1 unspecified atom stereocenters. The molecule has 0 spiro atoms. The van der Waals surface area contributed by atoms with E-state index in [1.165, 1.54) is 0 Å². The van der Waals surface area contributed by atoms with Crippen LogP contribution in [0, 0.1) is 28.1 Å². The Kier molecular flexibility index (Phi) is 8.13. The molecular weight excluding hydrogens is 544 g/mol. The molecule has 0 aromatic heterocycles. The minimum atomic E-state index is -2.60. The number of hydrogen-bond donors (Lipinski definition) is 4. The molecule has 1 aromatic rings. The van der Waals surface area contributed by atoms with E-state index in [4.69, 9.17) is 0 Å². The molecule has 4 rings (SSSR count). The van der Waals surface area contributed by atoms with Gasteiger partial charge in [-0.1, -0.05) is 74.8 Å². The minimum Gasteiger partial charge on any atom is -0.511 e. The molecule has 0 bridgehead atoms. The molecule has 0 aliphatic heterocycles. The summed E-state index contributed by atoms with van der Waals surface area (Å²) in [7, 11) is 0. The maximum absolute atomic E-state index is 14.5. The molecule has 0 fully saturated rings. The van der Waals surface area contributed by atoms with Gasteiger partial charge in [0, 0.05) is 22.3 Å². The zero-order chi connectivity index (χ0) is 32.6. The number of unbranched alkanes of at least 4 members (excludes halogenated alkanes) is 1. The van der Waals surface area contributed by atoms with Crippen LogP contribution in [0.5, 0.6) is 5.75 Å². The fourth-order valence-electron chi connectivity index (χ4n) is 8.56. The average Bonchev–Trinajstić information content (AvgIpc) is 2.83. The van der Waals surface area contributed by atoms with E-state index >= 15 is 0 Å². The lowest BCUT2D eigenvalue weighted by Crippen LogP contribution is -2.67. The van der Waals surface area contributed by atoms with Gasteiger partial charge in [-0.25, -0.2) is 0 Å². The van der Waals surface area contributed by atoms with Crippen molar-refractivity contribution in [1.29, 1.82) is 0 Å². The molecule has 0 heterocycles. The number of carbonyl (C=O) groups excluding carboxylic acids is 3. The SMILES string of the molecule is CC(=O)C1=C(O)C(C(C)C)[C@@]2(C)C[C@@]3(C)Cc4c(C(C)C)cc(CCCCC(C)(C)C)c(O)c4C(=O)C3=C(O)[C@@]2(O)C1=O. The van der Waals surface area contributed by atoms with Crippen molar-refractivity contribution in [3.63, 3.8) is 0 Å². The standard InChI is InChI=1S/C36H50O7/c1-18(2)22-15-21(13-11-12-14-33(6,7)8)28(38)25-23(22)16-34(9)17-35(10)26(19(3)4)29(39)24(20(5)37)31(41)36(35,43)32(42)27(34)30(25)40/h15,18-19,26,38-39,42-43H,11-14,16-17H2,1-10H3/t26?,34-,35-,36+/m1/s1. The predicted octanol–water partition coefficient (Wildman–Crippen LogP) is 7.23. The Bertz CT molecular complexity index is 1450. The smallest absolute Gasteiger partial charge is 0.209 e. The lowest BCUT2D eigenvalue weighted by atomic mass is 9.44. The number of allylic oxidation sites excluding steroid dienone is 2. The van der Waals surface area contributed by atoms with E-state index in [1.807, 2.05) is 40.7 Å². The van der Waals surface area contributed by atoms with Gasteiger partial charge in [-0.05, 0) is 73.0 Å². The Morgan fingerprint density at radius 3 is 2.16 bits per heavy atom. The number of ketones is 3. The molecule has 43 heavy (non-hydrogen) atoms. The summed E-state index contributed by atoms with van der Waals surface area (Å²) in [6.45, 7) is 19.0. The van der Waals surface area contributed by atoms with Crippen LogP contribution in [0.15, 0.2) is 28.7 Å². The van der Waals surface area contributed by atoms with Crippen molar-refractivity contribution in [1.82, 2.24) is 0 Å². The van der Waals surface area contributed by atoms with E-state index in [1.54, 1.807) is 6.92 Å². The summed E-state index contributed by atoms with van der Waals surface area (Å²) in [5, 5.41) is 47.0. The van der Waals surface area contributed by atoms with Crippen LogP contribution < -0.4 is 0 Å². The highest BCUT2D eigenvalue weighted by Crippen LogP contribution is 2.65. The first-order chi connectivity index (χ1) is 19.6. The number of Topliss-reactive ketones (excluding diaryl/α,β-unsaturated/α-hetero) is 3. The molecule has 7 nitrogen and oxygen atoms in total. The lowest BCUT2D eigenvalue weighted by molar-refractivity contribution is -0.171. The van der Waals surface area contributed by atoms with Crippen LogP contribution in [0.1, 0.15) is 128 Å². The molecule has 1 aromatic carbocycles. The van der Waals surface area contributed by atoms with Gasteiger partial charge in [0.05, 0.1) is 5.56 Å². The second kappa shape index (κ2) is 10.6. The Balaban J connectivity index is 1.94. The van der Waals surface area contributed by atoms with Crippen LogP contribution >= 0.6 is 0 Å². The van der Waals surface area contributed by atoms with Gasteiger partial charge in [-0.3, -0.25) is 14.4 Å². The summed E-state index contributed by atoms with van der Waals surface area (Å²) in [6, 6.07) is 2.01. The third-order valence-corrected chi connectivity index (χ3v) is 10.4. The zero-order valence-corrected chi connectivity index (χ0v) is 27.6. The number of phenols is 1. The highest BCUT2D eigenvalue weighted by atomic mass is 16.3. The van der Waals surface area contributed by atoms with Crippen LogP contribution in [-0.2, 0) is 22.4 Å². The molecule has 0 saturated heterocycles. The molecule has 3 aliphatic carbocycles. The van der Waals surface area contributed by atoms with Gasteiger partial charge in [0.25, 0.3) is 0 Å². The molecule has 0 amide bonds. The number of hydrogen-bond acceptors (Lipinski definition) is 7. The summed E-state index contributed by atoms with van der Waals surface area (Å²) in [5.41, 5.74) is -3.01. The van der Waals surface area contributed by atoms with Gasteiger partial charge in [-0.15, -0.1) is 0 Å². The largest absolute Gasteiger partial charge is 0.511 e. The first-order valence-electron chi connectivity index (χ1n) is 15.7. The molecule has 4 N–H and O–H groups in total. The van der Waals surface area contributed by atoms with E-state index in [2.05, 4.69) is 20.8 Å². The number of benzene rings is 1. The van der Waals surface area contributed by atoms with Crippen LogP contribution in [0.25, 0.3) is 0 Å². The average molecular weight is 595 g/mol. The Morgan fingerprint density at radius 1 is 1.05 bits per heavy atom. The molecule has 3 aliphatic rings. The maximum atomic E-state index is 14.5. The monoisotopic (exact) mass is 594 g/mol. The molecule has 4 atom stereocenters. The molecular formula is C36H50O7. The molecule has 236 valence electrons. The number of carbonyl (C=O) groups is 3. The third kappa shape index (κ3) is 4.86. The fraction of sp³-hybridized carbons (Fsp3) is 0.639. The minimum absolute atomic E-state index is 0.0547. The van der Waals surface area contributed by atoms with E-state index in [0.717, 1.165) is 37.3 Å². The van der Waals surface area contributed by atoms with Crippen molar-refractivity contribution < 1.29 is 34.8 Å². The van der Waals surface area contributed by atoms with E-state index < -0.39 is 51.0 Å². The van der Waals surface area contributed by atoms with Gasteiger partial charge >= 0.3 is 0 Å². The predicted molar refractivity (Wildman–Crippen MR) is 166 cm³/mol. The summed E-state index contributed by atoms with van der Waals surface area (Å²) in [4.78, 5) is 40.9. The Hall–Kier alpha value is -2.93. The second-order valence-corrected chi connectivity index (χ2v) is 15.7. The van der Waals surface area contributed by atoms with Crippen molar-refractivity contribution in [3.8, 4) is 5.75 Å². The van der Waals surface area contributed by atoms with Crippen molar-refractivity contribution in [3.05, 3.63) is 51.0 Å². The fourth-order valence-corrected chi connectivity index (χ4v) is 8.56. The maximum Gasteiger partial charge on any atom is 0.209 e. The van der Waals surface area contributed by atoms with Crippen LogP contribution in [0.3, 0.4) is 0 Å². The van der Waals surface area contributed by atoms with Crippen LogP contribution in [0.4, 0.5) is 0 Å². The highest BCUT2D eigenvalue weighted by Gasteiger charge is 2.71. The van der Waals surface area contributed by atoms with Crippen molar-refractivity contribution >= 4 is 17.3 Å². The number of phenolic OH excluding ortho intramolecular Hbond substituents is 1. The quantitative estimate of drug-likeness (QED) is 0.193. The summed E-state index contributed by atoms with van der Waals surface area (Å²) >= 11 is 0. The number of aliphatic hydroxyl groups is 3. The number of aryl methyl sites for hydroxylation is 1. The van der Waals surface area contributed by atoms with E-state index in [0.29, 0.717) is 18.4 Å². The normalized spacial score (nSPS) is 29.3. The van der Waals surface area contributed by atoms with Crippen LogP contribution in [-0.4, -0.2) is 43.4 Å². The first kappa shape index (κ1) is 33.0. The molecule has 7 heteroatoms. The third-order valence-electron chi connectivity index (χ3n) is 10.4. The summed E-state index contributed by atoms with van der Waals surface area (Å²) in [6.07, 6.45) is 3.83. The highest BCUT2D eigenvalue weighted by molar-refractivity contribution is 6.25. The number of aliphatic hydroxyl groups excluding tert-OH is 2. The zero-order valence-electron chi connectivity index (χ0n) is 27.6. The number of aromatic hydroxyl groups is 1. The first-order valence-corrected chi connectivity index (χ1v) is 15.7. The number of rotatable bonds is 7. The van der Waals surface area contributed by atoms with Gasteiger partial charge in [0.1, 0.15) is 22.8 Å². The Labute approximate surface area is 256 Å². The second-order valence-electron chi connectivity index (χ2n) is 15.7. The van der Waals surface area contributed by atoms with E-state index in [9.17, 15) is 34.8 Å². The summed E-state index contributed by atoms with van der Waals surface area (Å²) in [5.74, 6) is -4.77. The van der Waals surface area contributed by atoms with Gasteiger partial charge in [0.15, 0.2) is 17.2 Å². The molecule has 0 radical (unpaired) electrons. The van der Waals surface area contributed by atoms with Crippen molar-refractivity contribution in [2.75, 3.05) is 0 Å². The Morgan fingerprint density at radius 2 is 1.65 bits per heavy atom. The summed E-state index contributed by atoms with van der Waals surface area (Å²) < 4.78 is 0. The van der Waals surface area contributed by atoms with Crippen molar-refractivity contribution in [2.24, 2.45) is 28.1 Å². The van der Waals surface area contributed by atoms with Gasteiger partial charge in [-0.2, -0.15) is 0 Å². The van der Waals surface area contributed by atoms with Crippen LogP contribution in [0.2, 0.25) is 0 Å². The van der Waals surface area contributed by atoms with Crippen molar-refractivity contribution in [2.45, 2.75) is 119 Å². The van der Waals surface area contributed by atoms with Gasteiger partial charge in [0.2, 0.25) is 5.78 Å². The van der Waals surface area contributed by atoms with Gasteiger partial charge < -0.3 is 20.4 Å². The van der Waals surface area contributed by atoms with E-state index in [-0.39, 0.29) is 46.3 Å². The topological polar surface area (TPSA) is 132 Å². The number of fused-ring (bicyclic) bond motifs is 3.